The van der Waals surface area contributed by atoms with Crippen LogP contribution in [0.5, 0.6) is 5.75 Å². The Labute approximate surface area is 102 Å². The average molecular weight is 247 g/mol. The third-order valence-electron chi connectivity index (χ3n) is 2.67. The van der Waals surface area contributed by atoms with Crippen molar-refractivity contribution in [2.45, 2.75) is 0 Å². The van der Waals surface area contributed by atoms with E-state index in [2.05, 4.69) is 4.99 Å². The van der Waals surface area contributed by atoms with Crippen LogP contribution in [0.15, 0.2) is 34.2 Å². The normalized spacial score (nSPS) is 17.2. The van der Waals surface area contributed by atoms with Crippen LogP contribution in [0.2, 0.25) is 0 Å². The van der Waals surface area contributed by atoms with E-state index in [1.807, 2.05) is 6.08 Å². The van der Waals surface area contributed by atoms with Crippen LogP contribution in [-0.2, 0) is 0 Å². The molecule has 0 saturated heterocycles. The first-order valence-corrected chi connectivity index (χ1v) is 6.12. The Bertz CT molecular complexity index is 563. The standard InChI is InChI=1S/C12H9NO3S/c14-12(15)7-1-2-8-9(5-7)16-4-3-10-11(8)13-6-17-10/h1-3,5H,4,6H2,(H,14,15). The molecule has 0 spiro atoms. The number of hydrogen-bond donors (Lipinski definition) is 1. The van der Waals surface area contributed by atoms with Crippen molar-refractivity contribution in [3.8, 4) is 5.75 Å². The van der Waals surface area contributed by atoms with E-state index in [9.17, 15) is 4.79 Å². The van der Waals surface area contributed by atoms with Gasteiger partial charge >= 0.3 is 5.97 Å². The van der Waals surface area contributed by atoms with Gasteiger partial charge in [-0.3, -0.25) is 4.99 Å². The Morgan fingerprint density at radius 2 is 2.35 bits per heavy atom. The molecule has 1 N–H and O–H groups in total. The molecule has 1 aromatic carbocycles. The Morgan fingerprint density at radius 3 is 3.18 bits per heavy atom. The maximum Gasteiger partial charge on any atom is 0.335 e. The van der Waals surface area contributed by atoms with Gasteiger partial charge in [0.15, 0.2) is 0 Å². The van der Waals surface area contributed by atoms with Crippen LogP contribution < -0.4 is 4.74 Å². The highest BCUT2D eigenvalue weighted by Gasteiger charge is 2.23. The van der Waals surface area contributed by atoms with Gasteiger partial charge in [0.1, 0.15) is 12.4 Å². The first-order valence-electron chi connectivity index (χ1n) is 5.14. The van der Waals surface area contributed by atoms with E-state index in [4.69, 9.17) is 9.84 Å². The highest BCUT2D eigenvalue weighted by Crippen LogP contribution is 2.34. The number of carboxylic acid groups (broad SMARTS) is 1. The van der Waals surface area contributed by atoms with Gasteiger partial charge in [-0.1, -0.05) is 0 Å². The van der Waals surface area contributed by atoms with E-state index in [1.54, 1.807) is 30.0 Å². The number of allylic oxidation sites excluding steroid dienone is 1. The number of rotatable bonds is 1. The van der Waals surface area contributed by atoms with E-state index in [0.29, 0.717) is 12.4 Å². The molecule has 0 bridgehead atoms. The third kappa shape index (κ3) is 1.72. The third-order valence-corrected chi connectivity index (χ3v) is 3.60. The fourth-order valence-electron chi connectivity index (χ4n) is 1.86. The molecule has 2 heterocycles. The molecule has 0 unspecified atom stereocenters. The van der Waals surface area contributed by atoms with Crippen LogP contribution in [0.4, 0.5) is 0 Å². The lowest BCUT2D eigenvalue weighted by atomic mass is 10.1. The Morgan fingerprint density at radius 1 is 1.47 bits per heavy atom. The summed E-state index contributed by atoms with van der Waals surface area (Å²) in [6.45, 7) is 0.456. The molecule has 86 valence electrons. The summed E-state index contributed by atoms with van der Waals surface area (Å²) in [5.41, 5.74) is 2.03. The second kappa shape index (κ2) is 3.92. The highest BCUT2D eigenvalue weighted by molar-refractivity contribution is 8.04. The average Bonchev–Trinajstić information content (AvgIpc) is 2.71. The van der Waals surface area contributed by atoms with Crippen molar-refractivity contribution in [2.24, 2.45) is 4.99 Å². The summed E-state index contributed by atoms with van der Waals surface area (Å²) in [7, 11) is 0. The summed E-state index contributed by atoms with van der Waals surface area (Å²) < 4.78 is 5.54. The zero-order valence-corrected chi connectivity index (χ0v) is 9.66. The van der Waals surface area contributed by atoms with Gasteiger partial charge in [0, 0.05) is 10.5 Å². The zero-order valence-electron chi connectivity index (χ0n) is 8.84. The monoisotopic (exact) mass is 247 g/mol. The summed E-state index contributed by atoms with van der Waals surface area (Å²) in [4.78, 5) is 16.4. The molecular formula is C12H9NO3S. The lowest BCUT2D eigenvalue weighted by Crippen LogP contribution is -2.03. The Kier molecular flexibility index (Phi) is 2.40. The second-order valence-corrected chi connectivity index (χ2v) is 4.66. The van der Waals surface area contributed by atoms with Crippen LogP contribution in [0.1, 0.15) is 15.9 Å². The number of aliphatic imine (C=N–C) groups is 1. The van der Waals surface area contributed by atoms with Crippen LogP contribution in [0, 0.1) is 0 Å². The summed E-state index contributed by atoms with van der Waals surface area (Å²) in [5, 5.41) is 8.94. The van der Waals surface area contributed by atoms with Crippen LogP contribution in [0.25, 0.3) is 0 Å². The number of carbonyl (C=O) groups is 1. The molecule has 2 aliphatic rings. The minimum absolute atomic E-state index is 0.235. The molecule has 3 rings (SSSR count). The summed E-state index contributed by atoms with van der Waals surface area (Å²) in [6, 6.07) is 4.90. The molecule has 0 atom stereocenters. The molecule has 0 saturated carbocycles. The van der Waals surface area contributed by atoms with Gasteiger partial charge in [0.25, 0.3) is 0 Å². The molecule has 4 nitrogen and oxygen atoms in total. The van der Waals surface area contributed by atoms with Crippen molar-refractivity contribution in [3.05, 3.63) is 40.3 Å². The van der Waals surface area contributed by atoms with Gasteiger partial charge in [-0.05, 0) is 24.3 Å². The summed E-state index contributed by atoms with van der Waals surface area (Å²) >= 11 is 1.67. The molecule has 2 aliphatic heterocycles. The fourth-order valence-corrected chi connectivity index (χ4v) is 2.69. The number of ether oxygens (including phenoxy) is 1. The minimum Gasteiger partial charge on any atom is -0.489 e. The Hall–Kier alpha value is -1.75. The second-order valence-electron chi connectivity index (χ2n) is 3.68. The molecule has 17 heavy (non-hydrogen) atoms. The maximum atomic E-state index is 10.9. The SMILES string of the molecule is O=C(O)c1ccc2c(c1)OCC=C1SCN=C12. The lowest BCUT2D eigenvalue weighted by Gasteiger charge is -2.08. The van der Waals surface area contributed by atoms with Gasteiger partial charge in [0.05, 0.1) is 17.2 Å². The smallest absolute Gasteiger partial charge is 0.335 e. The lowest BCUT2D eigenvalue weighted by molar-refractivity contribution is 0.0696. The predicted octanol–water partition coefficient (Wildman–Crippen LogP) is 2.15. The Balaban J connectivity index is 2.13. The van der Waals surface area contributed by atoms with Crippen LogP contribution >= 0.6 is 11.8 Å². The van der Waals surface area contributed by atoms with Gasteiger partial charge in [-0.2, -0.15) is 0 Å². The summed E-state index contributed by atoms with van der Waals surface area (Å²) in [6.07, 6.45) is 1.98. The molecular weight excluding hydrogens is 238 g/mol. The number of thioether (sulfide) groups is 1. The van der Waals surface area contributed by atoms with Gasteiger partial charge in [-0.25, -0.2) is 4.79 Å². The van der Waals surface area contributed by atoms with Crippen molar-refractivity contribution in [1.29, 1.82) is 0 Å². The number of benzene rings is 1. The zero-order chi connectivity index (χ0) is 11.8. The van der Waals surface area contributed by atoms with Gasteiger partial charge in [-0.15, -0.1) is 11.8 Å². The summed E-state index contributed by atoms with van der Waals surface area (Å²) in [5.74, 6) is 0.371. The molecule has 5 heteroatoms. The maximum absolute atomic E-state index is 10.9. The predicted molar refractivity (Wildman–Crippen MR) is 66.0 cm³/mol. The number of fused-ring (bicyclic) bond motifs is 3. The fraction of sp³-hybridized carbons (Fsp3) is 0.167. The molecule has 1 aromatic rings. The molecule has 0 amide bonds. The van der Waals surface area contributed by atoms with Crippen LogP contribution in [0.3, 0.4) is 0 Å². The highest BCUT2D eigenvalue weighted by atomic mass is 32.2. The van der Waals surface area contributed by atoms with E-state index < -0.39 is 5.97 Å². The largest absolute Gasteiger partial charge is 0.489 e. The van der Waals surface area contributed by atoms with E-state index in [1.165, 1.54) is 0 Å². The molecule has 0 fully saturated rings. The number of hydrogen-bond acceptors (Lipinski definition) is 4. The topological polar surface area (TPSA) is 58.9 Å². The first kappa shape index (κ1) is 10.4. The first-order chi connectivity index (χ1) is 8.25. The van der Waals surface area contributed by atoms with Crippen LogP contribution in [-0.4, -0.2) is 29.3 Å². The van der Waals surface area contributed by atoms with E-state index in [0.717, 1.165) is 22.1 Å². The van der Waals surface area contributed by atoms with Crippen molar-refractivity contribution in [1.82, 2.24) is 0 Å². The molecule has 0 radical (unpaired) electrons. The number of carboxylic acids is 1. The van der Waals surface area contributed by atoms with Gasteiger partial charge in [0.2, 0.25) is 0 Å². The quantitative estimate of drug-likeness (QED) is 0.826. The molecule has 0 aromatic heterocycles. The van der Waals surface area contributed by atoms with E-state index in [-0.39, 0.29) is 5.56 Å². The molecule has 0 aliphatic carbocycles. The number of aromatic carboxylic acids is 1. The number of nitrogens with zero attached hydrogens (tertiary/aromatic N) is 1. The van der Waals surface area contributed by atoms with Crippen molar-refractivity contribution < 1.29 is 14.6 Å². The van der Waals surface area contributed by atoms with Crippen molar-refractivity contribution in [2.75, 3.05) is 12.5 Å². The minimum atomic E-state index is -0.948. The van der Waals surface area contributed by atoms with E-state index >= 15 is 0 Å². The van der Waals surface area contributed by atoms with Gasteiger partial charge < -0.3 is 9.84 Å². The van der Waals surface area contributed by atoms with Crippen molar-refractivity contribution in [3.63, 3.8) is 0 Å². The van der Waals surface area contributed by atoms with Crippen molar-refractivity contribution >= 4 is 23.4 Å².